The van der Waals surface area contributed by atoms with Crippen LogP contribution in [-0.2, 0) is 9.53 Å². The Labute approximate surface area is 128 Å². The van der Waals surface area contributed by atoms with Crippen LogP contribution in [0.4, 0.5) is 0 Å². The van der Waals surface area contributed by atoms with Crippen molar-refractivity contribution in [2.75, 3.05) is 45.9 Å². The van der Waals surface area contributed by atoms with Crippen LogP contribution in [0.5, 0.6) is 0 Å². The van der Waals surface area contributed by atoms with E-state index >= 15 is 0 Å². The van der Waals surface area contributed by atoms with E-state index in [1.165, 1.54) is 0 Å². The van der Waals surface area contributed by atoms with Crippen LogP contribution in [-0.4, -0.2) is 62.3 Å². The van der Waals surface area contributed by atoms with Crippen LogP contribution >= 0.6 is 12.4 Å². The maximum Gasteiger partial charge on any atom is 0.223 e. The first-order chi connectivity index (χ1) is 9.07. The van der Waals surface area contributed by atoms with E-state index in [1.54, 1.807) is 0 Å². The zero-order valence-electron chi connectivity index (χ0n) is 12.6. The molecular formula is C14H28ClN3O2. The van der Waals surface area contributed by atoms with Gasteiger partial charge in [0, 0.05) is 32.1 Å². The Morgan fingerprint density at radius 3 is 2.75 bits per heavy atom. The molecule has 6 heteroatoms. The number of carbonyl (C=O) groups is 1. The molecule has 0 unspecified atom stereocenters. The van der Waals surface area contributed by atoms with Crippen molar-refractivity contribution < 1.29 is 9.53 Å². The van der Waals surface area contributed by atoms with Gasteiger partial charge in [-0.2, -0.15) is 0 Å². The molecule has 0 bridgehead atoms. The SMILES string of the molecule is CC1(C)CN(CCNC(=O)C2CCNCC2)CCO1.Cl. The standard InChI is InChI=1S/C14H27N3O2.ClH/c1-14(2)11-17(9-10-19-14)8-7-16-13(18)12-3-5-15-6-4-12;/h12,15H,3-11H2,1-2H3,(H,16,18);1H. The van der Waals surface area contributed by atoms with Gasteiger partial charge in [0.15, 0.2) is 0 Å². The van der Waals surface area contributed by atoms with Crippen LogP contribution in [0.2, 0.25) is 0 Å². The molecule has 2 rings (SSSR count). The summed E-state index contributed by atoms with van der Waals surface area (Å²) in [6.07, 6.45) is 1.94. The lowest BCUT2D eigenvalue weighted by Crippen LogP contribution is -2.50. The molecule has 118 valence electrons. The van der Waals surface area contributed by atoms with Crippen molar-refractivity contribution in [2.24, 2.45) is 5.92 Å². The molecule has 0 spiro atoms. The van der Waals surface area contributed by atoms with Gasteiger partial charge >= 0.3 is 0 Å². The third kappa shape index (κ3) is 5.56. The molecule has 1 amide bonds. The molecule has 0 aliphatic carbocycles. The Morgan fingerprint density at radius 2 is 2.10 bits per heavy atom. The van der Waals surface area contributed by atoms with E-state index in [0.717, 1.165) is 58.7 Å². The van der Waals surface area contributed by atoms with Crippen LogP contribution in [0.1, 0.15) is 26.7 Å². The lowest BCUT2D eigenvalue weighted by atomic mass is 9.97. The zero-order chi connectivity index (χ0) is 13.7. The van der Waals surface area contributed by atoms with Crippen LogP contribution in [0, 0.1) is 5.92 Å². The smallest absolute Gasteiger partial charge is 0.223 e. The molecule has 5 nitrogen and oxygen atoms in total. The fourth-order valence-corrected chi connectivity index (χ4v) is 2.87. The minimum Gasteiger partial charge on any atom is -0.373 e. The van der Waals surface area contributed by atoms with Crippen molar-refractivity contribution in [3.05, 3.63) is 0 Å². The van der Waals surface area contributed by atoms with Gasteiger partial charge in [0.1, 0.15) is 0 Å². The number of hydrogen-bond acceptors (Lipinski definition) is 4. The van der Waals surface area contributed by atoms with E-state index in [-0.39, 0.29) is 29.8 Å². The van der Waals surface area contributed by atoms with Gasteiger partial charge in [0.2, 0.25) is 5.91 Å². The number of amides is 1. The topological polar surface area (TPSA) is 53.6 Å². The Balaban J connectivity index is 0.00000200. The first-order valence-electron chi connectivity index (χ1n) is 7.41. The predicted octanol–water partition coefficient (Wildman–Crippen LogP) is 0.635. The van der Waals surface area contributed by atoms with Gasteiger partial charge < -0.3 is 15.4 Å². The van der Waals surface area contributed by atoms with Crippen LogP contribution in [0.15, 0.2) is 0 Å². The minimum absolute atomic E-state index is 0. The first kappa shape index (κ1) is 17.7. The molecule has 2 heterocycles. The van der Waals surface area contributed by atoms with Crippen LogP contribution < -0.4 is 10.6 Å². The predicted molar refractivity (Wildman–Crippen MR) is 82.3 cm³/mol. The molecule has 0 aromatic carbocycles. The highest BCUT2D eigenvalue weighted by Crippen LogP contribution is 2.16. The quantitative estimate of drug-likeness (QED) is 0.800. The largest absolute Gasteiger partial charge is 0.373 e. The number of nitrogens with one attached hydrogen (secondary N) is 2. The molecule has 20 heavy (non-hydrogen) atoms. The summed E-state index contributed by atoms with van der Waals surface area (Å²) in [4.78, 5) is 14.4. The summed E-state index contributed by atoms with van der Waals surface area (Å²) in [6.45, 7) is 10.5. The maximum absolute atomic E-state index is 12.0. The number of rotatable bonds is 4. The molecule has 2 aliphatic heterocycles. The lowest BCUT2D eigenvalue weighted by Gasteiger charge is -2.38. The monoisotopic (exact) mass is 305 g/mol. The van der Waals surface area contributed by atoms with Crippen molar-refractivity contribution in [1.82, 2.24) is 15.5 Å². The molecule has 0 radical (unpaired) electrons. The number of nitrogens with zero attached hydrogens (tertiary/aromatic N) is 1. The zero-order valence-corrected chi connectivity index (χ0v) is 13.4. The highest BCUT2D eigenvalue weighted by Gasteiger charge is 2.27. The summed E-state index contributed by atoms with van der Waals surface area (Å²) in [5.41, 5.74) is -0.0582. The highest BCUT2D eigenvalue weighted by atomic mass is 35.5. The number of halogens is 1. The average Bonchev–Trinajstić information content (AvgIpc) is 2.38. The Hall–Kier alpha value is -0.360. The Kier molecular flexibility index (Phi) is 7.23. The van der Waals surface area contributed by atoms with Crippen molar-refractivity contribution in [3.63, 3.8) is 0 Å². The van der Waals surface area contributed by atoms with Crippen molar-refractivity contribution in [2.45, 2.75) is 32.3 Å². The second kappa shape index (κ2) is 8.17. The normalized spacial score (nSPS) is 23.9. The molecule has 0 aromatic rings. The van der Waals surface area contributed by atoms with Crippen molar-refractivity contribution >= 4 is 18.3 Å². The second-order valence-electron chi connectivity index (χ2n) is 6.20. The molecular weight excluding hydrogens is 278 g/mol. The van der Waals surface area contributed by atoms with Gasteiger partial charge in [-0.1, -0.05) is 0 Å². The third-order valence-corrected chi connectivity index (χ3v) is 3.94. The first-order valence-corrected chi connectivity index (χ1v) is 7.41. The Bertz CT molecular complexity index is 307. The van der Waals surface area contributed by atoms with Gasteiger partial charge in [-0.25, -0.2) is 0 Å². The average molecular weight is 306 g/mol. The van der Waals surface area contributed by atoms with Gasteiger partial charge in [-0.3, -0.25) is 9.69 Å². The number of ether oxygens (including phenoxy) is 1. The fraction of sp³-hybridized carbons (Fsp3) is 0.929. The molecule has 2 aliphatic rings. The van der Waals surface area contributed by atoms with Crippen LogP contribution in [0.25, 0.3) is 0 Å². The minimum atomic E-state index is -0.0582. The number of hydrogen-bond donors (Lipinski definition) is 2. The molecule has 0 aromatic heterocycles. The summed E-state index contributed by atoms with van der Waals surface area (Å²) in [7, 11) is 0. The number of morpholine rings is 1. The molecule has 2 N–H and O–H groups in total. The van der Waals surface area contributed by atoms with E-state index in [1.807, 2.05) is 0 Å². The summed E-state index contributed by atoms with van der Waals surface area (Å²) < 4.78 is 5.68. The van der Waals surface area contributed by atoms with Crippen molar-refractivity contribution in [1.29, 1.82) is 0 Å². The van der Waals surface area contributed by atoms with E-state index in [4.69, 9.17) is 4.74 Å². The Morgan fingerprint density at radius 1 is 1.40 bits per heavy atom. The molecule has 0 saturated carbocycles. The van der Waals surface area contributed by atoms with E-state index in [0.29, 0.717) is 0 Å². The third-order valence-electron chi connectivity index (χ3n) is 3.94. The van der Waals surface area contributed by atoms with Gasteiger partial charge in [-0.05, 0) is 39.8 Å². The summed E-state index contributed by atoms with van der Waals surface area (Å²) in [5, 5.41) is 6.36. The summed E-state index contributed by atoms with van der Waals surface area (Å²) in [6, 6.07) is 0. The summed E-state index contributed by atoms with van der Waals surface area (Å²) in [5.74, 6) is 0.441. The van der Waals surface area contributed by atoms with Gasteiger partial charge in [0.25, 0.3) is 0 Å². The number of piperidine rings is 1. The second-order valence-corrected chi connectivity index (χ2v) is 6.20. The summed E-state index contributed by atoms with van der Waals surface area (Å²) >= 11 is 0. The van der Waals surface area contributed by atoms with Gasteiger partial charge in [0.05, 0.1) is 12.2 Å². The molecule has 0 atom stereocenters. The van der Waals surface area contributed by atoms with E-state index in [9.17, 15) is 4.79 Å². The fourth-order valence-electron chi connectivity index (χ4n) is 2.87. The van der Waals surface area contributed by atoms with Crippen LogP contribution in [0.3, 0.4) is 0 Å². The van der Waals surface area contributed by atoms with E-state index < -0.39 is 0 Å². The van der Waals surface area contributed by atoms with Crippen molar-refractivity contribution in [3.8, 4) is 0 Å². The molecule has 2 fully saturated rings. The number of carbonyl (C=O) groups excluding carboxylic acids is 1. The van der Waals surface area contributed by atoms with Gasteiger partial charge in [-0.15, -0.1) is 12.4 Å². The maximum atomic E-state index is 12.0. The van der Waals surface area contributed by atoms with E-state index in [2.05, 4.69) is 29.4 Å². The highest BCUT2D eigenvalue weighted by molar-refractivity contribution is 5.85. The molecule has 2 saturated heterocycles. The lowest BCUT2D eigenvalue weighted by molar-refractivity contribution is -0.126.